The van der Waals surface area contributed by atoms with Crippen molar-refractivity contribution in [1.82, 2.24) is 9.88 Å². The van der Waals surface area contributed by atoms with E-state index < -0.39 is 0 Å². The van der Waals surface area contributed by atoms with Crippen molar-refractivity contribution in [3.63, 3.8) is 0 Å². The molecule has 0 aliphatic rings. The Bertz CT molecular complexity index is 678. The van der Waals surface area contributed by atoms with Gasteiger partial charge >= 0.3 is 0 Å². The maximum absolute atomic E-state index is 12.2. The van der Waals surface area contributed by atoms with E-state index in [-0.39, 0.29) is 18.3 Å². The molecule has 0 radical (unpaired) electrons. The van der Waals surface area contributed by atoms with Gasteiger partial charge in [0.15, 0.2) is 6.39 Å². The van der Waals surface area contributed by atoms with Crippen LogP contribution in [0.15, 0.2) is 22.3 Å². The van der Waals surface area contributed by atoms with Crippen LogP contribution in [0.3, 0.4) is 0 Å². The molecule has 2 rings (SSSR count). The summed E-state index contributed by atoms with van der Waals surface area (Å²) in [6, 6.07) is 1.95. The second-order valence-corrected chi connectivity index (χ2v) is 5.50. The third-order valence-electron chi connectivity index (χ3n) is 2.80. The maximum Gasteiger partial charge on any atom is 0.291 e. The standard InChI is InChI=1S/C15H16N2O3S/c1-11-14(20-10-16-11)15(19)17(2)8-13-7-12(9-21-13)5-3-4-6-18/h7,9-10,18H,4,6,8H2,1-2H3. The Balaban J connectivity index is 2.00. The summed E-state index contributed by atoms with van der Waals surface area (Å²) in [6.07, 6.45) is 1.74. The number of nitrogens with zero attached hydrogens (tertiary/aromatic N) is 2. The van der Waals surface area contributed by atoms with Gasteiger partial charge in [-0.25, -0.2) is 4.98 Å². The van der Waals surface area contributed by atoms with Crippen molar-refractivity contribution in [2.24, 2.45) is 0 Å². The van der Waals surface area contributed by atoms with E-state index in [1.54, 1.807) is 30.2 Å². The summed E-state index contributed by atoms with van der Waals surface area (Å²) in [7, 11) is 1.72. The lowest BCUT2D eigenvalue weighted by Crippen LogP contribution is -2.26. The summed E-state index contributed by atoms with van der Waals surface area (Å²) < 4.78 is 5.11. The monoisotopic (exact) mass is 304 g/mol. The van der Waals surface area contributed by atoms with Gasteiger partial charge in [-0.1, -0.05) is 11.8 Å². The van der Waals surface area contributed by atoms with Crippen LogP contribution in [0.2, 0.25) is 0 Å². The molecule has 5 nitrogen and oxygen atoms in total. The highest BCUT2D eigenvalue weighted by molar-refractivity contribution is 7.10. The third-order valence-corrected chi connectivity index (χ3v) is 3.72. The lowest BCUT2D eigenvalue weighted by molar-refractivity contribution is 0.0754. The molecule has 0 saturated heterocycles. The van der Waals surface area contributed by atoms with Crippen molar-refractivity contribution >= 4 is 17.2 Å². The van der Waals surface area contributed by atoms with E-state index in [2.05, 4.69) is 16.8 Å². The van der Waals surface area contributed by atoms with Crippen molar-refractivity contribution in [2.45, 2.75) is 19.9 Å². The van der Waals surface area contributed by atoms with Gasteiger partial charge in [-0.05, 0) is 13.0 Å². The van der Waals surface area contributed by atoms with E-state index in [0.29, 0.717) is 18.7 Å². The molecule has 0 bridgehead atoms. The van der Waals surface area contributed by atoms with Crippen molar-refractivity contribution in [2.75, 3.05) is 13.7 Å². The van der Waals surface area contributed by atoms with Crippen molar-refractivity contribution in [3.8, 4) is 11.8 Å². The zero-order chi connectivity index (χ0) is 15.2. The van der Waals surface area contributed by atoms with Gasteiger partial charge in [0.1, 0.15) is 0 Å². The largest absolute Gasteiger partial charge is 0.438 e. The highest BCUT2D eigenvalue weighted by Gasteiger charge is 2.18. The summed E-state index contributed by atoms with van der Waals surface area (Å²) in [5, 5.41) is 10.6. The van der Waals surface area contributed by atoms with Crippen LogP contribution in [-0.4, -0.2) is 34.6 Å². The van der Waals surface area contributed by atoms with Crippen LogP contribution < -0.4 is 0 Å². The molecule has 1 amide bonds. The zero-order valence-electron chi connectivity index (χ0n) is 11.9. The first-order valence-corrected chi connectivity index (χ1v) is 7.32. The average molecular weight is 304 g/mol. The number of amides is 1. The SMILES string of the molecule is Cc1ncoc1C(=O)N(C)Cc1cc(C#CCCO)cs1. The Labute approximate surface area is 127 Å². The van der Waals surface area contributed by atoms with Gasteiger partial charge in [-0.3, -0.25) is 4.79 Å². The summed E-state index contributed by atoms with van der Waals surface area (Å²) in [5.41, 5.74) is 1.49. The summed E-state index contributed by atoms with van der Waals surface area (Å²) in [4.78, 5) is 18.7. The fraction of sp³-hybridized carbons (Fsp3) is 0.333. The molecule has 0 aromatic carbocycles. The molecule has 6 heteroatoms. The predicted molar refractivity (Wildman–Crippen MR) is 79.9 cm³/mol. The molecule has 2 heterocycles. The number of carbonyl (C=O) groups excluding carboxylic acids is 1. The van der Waals surface area contributed by atoms with Crippen LogP contribution in [0.4, 0.5) is 0 Å². The number of rotatable bonds is 4. The van der Waals surface area contributed by atoms with E-state index in [1.165, 1.54) is 6.39 Å². The van der Waals surface area contributed by atoms with Gasteiger partial charge in [0.2, 0.25) is 5.76 Å². The minimum atomic E-state index is -0.189. The molecule has 0 aliphatic carbocycles. The van der Waals surface area contributed by atoms with Crippen molar-refractivity contribution in [3.05, 3.63) is 39.7 Å². The second-order valence-electron chi connectivity index (χ2n) is 4.51. The van der Waals surface area contributed by atoms with E-state index in [9.17, 15) is 4.79 Å². The number of aromatic nitrogens is 1. The average Bonchev–Trinajstić information content (AvgIpc) is 3.07. The molecule has 0 spiro atoms. The Morgan fingerprint density at radius 1 is 1.57 bits per heavy atom. The Hall–Kier alpha value is -2.10. The molecule has 0 atom stereocenters. The Kier molecular flexibility index (Phi) is 5.14. The maximum atomic E-state index is 12.2. The Morgan fingerprint density at radius 2 is 2.38 bits per heavy atom. The molecule has 2 aromatic rings. The molecular weight excluding hydrogens is 288 g/mol. The minimum absolute atomic E-state index is 0.0672. The van der Waals surface area contributed by atoms with Gasteiger partial charge in [-0.15, -0.1) is 11.3 Å². The summed E-state index contributed by atoms with van der Waals surface area (Å²) >= 11 is 1.55. The normalized spacial score (nSPS) is 10.0. The van der Waals surface area contributed by atoms with E-state index in [1.807, 2.05) is 11.4 Å². The fourth-order valence-electron chi connectivity index (χ4n) is 1.74. The summed E-state index contributed by atoms with van der Waals surface area (Å²) in [6.45, 7) is 2.30. The molecule has 1 N–H and O–H groups in total. The van der Waals surface area contributed by atoms with Crippen LogP contribution in [0, 0.1) is 18.8 Å². The number of thiophene rings is 1. The van der Waals surface area contributed by atoms with Gasteiger partial charge in [0.05, 0.1) is 18.8 Å². The molecule has 110 valence electrons. The number of carbonyl (C=O) groups is 1. The van der Waals surface area contributed by atoms with Crippen molar-refractivity contribution in [1.29, 1.82) is 0 Å². The number of hydrogen-bond acceptors (Lipinski definition) is 5. The molecule has 0 saturated carbocycles. The second kappa shape index (κ2) is 7.07. The van der Waals surface area contributed by atoms with Gasteiger partial charge < -0.3 is 14.4 Å². The van der Waals surface area contributed by atoms with Crippen LogP contribution in [-0.2, 0) is 6.54 Å². The lowest BCUT2D eigenvalue weighted by atomic mass is 10.3. The first kappa shape index (κ1) is 15.3. The minimum Gasteiger partial charge on any atom is -0.438 e. The molecular formula is C15H16N2O3S. The zero-order valence-corrected chi connectivity index (χ0v) is 12.7. The van der Waals surface area contributed by atoms with Gasteiger partial charge in [0, 0.05) is 29.3 Å². The van der Waals surface area contributed by atoms with Crippen LogP contribution >= 0.6 is 11.3 Å². The number of aliphatic hydroxyl groups excluding tert-OH is 1. The molecule has 0 unspecified atom stereocenters. The Morgan fingerprint density at radius 3 is 3.05 bits per heavy atom. The molecule has 0 aliphatic heterocycles. The number of oxazole rings is 1. The fourth-order valence-corrected chi connectivity index (χ4v) is 2.60. The van der Waals surface area contributed by atoms with Crippen molar-refractivity contribution < 1.29 is 14.3 Å². The van der Waals surface area contributed by atoms with Gasteiger partial charge in [-0.2, -0.15) is 0 Å². The van der Waals surface area contributed by atoms with E-state index >= 15 is 0 Å². The highest BCUT2D eigenvalue weighted by atomic mass is 32.1. The first-order valence-electron chi connectivity index (χ1n) is 6.44. The highest BCUT2D eigenvalue weighted by Crippen LogP contribution is 2.17. The lowest BCUT2D eigenvalue weighted by Gasteiger charge is -2.14. The van der Waals surface area contributed by atoms with Crippen LogP contribution in [0.1, 0.15) is 33.1 Å². The molecule has 0 fully saturated rings. The quantitative estimate of drug-likeness (QED) is 0.878. The van der Waals surface area contributed by atoms with E-state index in [0.717, 1.165) is 10.4 Å². The molecule has 2 aromatic heterocycles. The summed E-state index contributed by atoms with van der Waals surface area (Å²) in [5.74, 6) is 5.93. The third kappa shape index (κ3) is 3.94. The van der Waals surface area contributed by atoms with Crippen LogP contribution in [0.5, 0.6) is 0 Å². The van der Waals surface area contributed by atoms with Crippen LogP contribution in [0.25, 0.3) is 0 Å². The number of aryl methyl sites for hydroxylation is 1. The smallest absolute Gasteiger partial charge is 0.291 e. The molecule has 21 heavy (non-hydrogen) atoms. The topological polar surface area (TPSA) is 66.6 Å². The number of aliphatic hydroxyl groups is 1. The van der Waals surface area contributed by atoms with E-state index in [4.69, 9.17) is 9.52 Å². The first-order chi connectivity index (χ1) is 10.1. The predicted octanol–water partition coefficient (Wildman–Crippen LogP) is 2.05. The van der Waals surface area contributed by atoms with Gasteiger partial charge in [0.25, 0.3) is 5.91 Å². The number of hydrogen-bond donors (Lipinski definition) is 1.